The van der Waals surface area contributed by atoms with Gasteiger partial charge in [0.1, 0.15) is 5.75 Å². The van der Waals surface area contributed by atoms with Crippen molar-refractivity contribution >= 4 is 29.1 Å². The van der Waals surface area contributed by atoms with Crippen LogP contribution in [0.15, 0.2) is 36.5 Å². The lowest BCUT2D eigenvalue weighted by molar-refractivity contribution is -0.136. The minimum atomic E-state index is -0.724. The second-order valence-corrected chi connectivity index (χ2v) is 7.93. The number of nitrogens with zero attached hydrogens (tertiary/aromatic N) is 2. The molecule has 0 aliphatic carbocycles. The number of halogens is 1. The zero-order chi connectivity index (χ0) is 21.5. The molecule has 3 rings (SSSR count). The second kappa shape index (κ2) is 10.5. The van der Waals surface area contributed by atoms with Crippen LogP contribution < -0.4 is 15.4 Å². The van der Waals surface area contributed by atoms with Gasteiger partial charge in [-0.1, -0.05) is 24.4 Å². The summed E-state index contributed by atoms with van der Waals surface area (Å²) in [6.45, 7) is 2.35. The Balaban J connectivity index is 1.64. The van der Waals surface area contributed by atoms with Crippen molar-refractivity contribution in [2.45, 2.75) is 31.7 Å². The minimum absolute atomic E-state index is 0.0234. The van der Waals surface area contributed by atoms with E-state index in [1.54, 1.807) is 18.2 Å². The van der Waals surface area contributed by atoms with Crippen LogP contribution in [-0.4, -0.2) is 48.0 Å². The van der Waals surface area contributed by atoms with E-state index in [0.29, 0.717) is 23.0 Å². The third kappa shape index (κ3) is 5.55. The van der Waals surface area contributed by atoms with Gasteiger partial charge in [0.2, 0.25) is 0 Å². The fourth-order valence-corrected chi connectivity index (χ4v) is 4.11. The van der Waals surface area contributed by atoms with E-state index in [-0.39, 0.29) is 6.04 Å². The summed E-state index contributed by atoms with van der Waals surface area (Å²) in [6, 6.07) is 8.93. The van der Waals surface area contributed by atoms with Crippen LogP contribution in [0.2, 0.25) is 5.02 Å². The average Bonchev–Trinajstić information content (AvgIpc) is 2.98. The molecule has 1 aliphatic heterocycles. The number of nitrogens with one attached hydrogen (secondary N) is 2. The summed E-state index contributed by atoms with van der Waals surface area (Å²) in [4.78, 5) is 27.2. The van der Waals surface area contributed by atoms with E-state index in [9.17, 15) is 9.59 Å². The zero-order valence-corrected chi connectivity index (χ0v) is 18.2. The Hall–Kier alpha value is -2.51. The second-order valence-electron chi connectivity index (χ2n) is 7.52. The Morgan fingerprint density at radius 1 is 1.13 bits per heavy atom. The highest BCUT2D eigenvalue weighted by Gasteiger charge is 2.25. The molecule has 30 heavy (non-hydrogen) atoms. The molecule has 1 aromatic heterocycles. The summed E-state index contributed by atoms with van der Waals surface area (Å²) in [6.07, 6.45) is 6.76. The van der Waals surface area contributed by atoms with Crippen molar-refractivity contribution in [1.82, 2.24) is 14.8 Å². The maximum Gasteiger partial charge on any atom is 0.313 e. The van der Waals surface area contributed by atoms with Crippen molar-refractivity contribution in [3.63, 3.8) is 0 Å². The average molecular weight is 433 g/mol. The smallest absolute Gasteiger partial charge is 0.313 e. The molecule has 1 unspecified atom stereocenters. The molecule has 1 saturated heterocycles. The molecular formula is C22H29ClN4O3. The molecule has 1 aliphatic rings. The number of carbonyl (C=O) groups is 2. The number of likely N-dealkylation sites (tertiary alicyclic amines) is 1. The third-order valence-electron chi connectivity index (χ3n) is 5.48. The van der Waals surface area contributed by atoms with Gasteiger partial charge in [-0.2, -0.15) is 0 Å². The molecule has 2 aromatic rings. The van der Waals surface area contributed by atoms with Gasteiger partial charge in [-0.05, 0) is 56.3 Å². The first kappa shape index (κ1) is 22.2. The minimum Gasteiger partial charge on any atom is -0.495 e. The van der Waals surface area contributed by atoms with Gasteiger partial charge in [0, 0.05) is 31.2 Å². The van der Waals surface area contributed by atoms with E-state index in [1.807, 2.05) is 19.3 Å². The molecule has 1 fully saturated rings. The number of anilines is 1. The highest BCUT2D eigenvalue weighted by Crippen LogP contribution is 2.27. The normalized spacial score (nSPS) is 15.8. The van der Waals surface area contributed by atoms with Crippen molar-refractivity contribution in [3.05, 3.63) is 47.2 Å². The number of hydrogen-bond acceptors (Lipinski definition) is 4. The topological polar surface area (TPSA) is 75.6 Å². The molecule has 8 heteroatoms. The van der Waals surface area contributed by atoms with Crippen LogP contribution in [0.1, 0.15) is 37.4 Å². The third-order valence-corrected chi connectivity index (χ3v) is 5.77. The largest absolute Gasteiger partial charge is 0.495 e. The Labute approximate surface area is 182 Å². The van der Waals surface area contributed by atoms with Gasteiger partial charge in [0.05, 0.1) is 18.2 Å². The molecule has 1 atom stereocenters. The summed E-state index contributed by atoms with van der Waals surface area (Å²) in [7, 11) is 3.52. The van der Waals surface area contributed by atoms with E-state index < -0.39 is 11.8 Å². The van der Waals surface area contributed by atoms with E-state index in [4.69, 9.17) is 16.3 Å². The van der Waals surface area contributed by atoms with Crippen LogP contribution >= 0.6 is 11.6 Å². The van der Waals surface area contributed by atoms with Crippen molar-refractivity contribution in [2.24, 2.45) is 7.05 Å². The highest BCUT2D eigenvalue weighted by atomic mass is 35.5. The van der Waals surface area contributed by atoms with E-state index >= 15 is 0 Å². The summed E-state index contributed by atoms with van der Waals surface area (Å²) in [5.74, 6) is -0.893. The van der Waals surface area contributed by atoms with Gasteiger partial charge < -0.3 is 19.9 Å². The predicted molar refractivity (Wildman–Crippen MR) is 118 cm³/mol. The standard InChI is InChI=1S/C22H29ClN4O3/c1-26-11-7-8-18(26)19(27-12-5-3-4-6-13-27)15-24-21(28)22(29)25-16-9-10-20(30-2)17(23)14-16/h7-11,14,19H,3-6,12-13,15H2,1-2H3,(H,24,28)(H,25,29). The van der Waals surface area contributed by atoms with Crippen LogP contribution in [0.3, 0.4) is 0 Å². The van der Waals surface area contributed by atoms with Crippen molar-refractivity contribution in [2.75, 3.05) is 32.1 Å². The van der Waals surface area contributed by atoms with Crippen molar-refractivity contribution < 1.29 is 14.3 Å². The first-order valence-electron chi connectivity index (χ1n) is 10.3. The van der Waals surface area contributed by atoms with Crippen LogP contribution in [0.5, 0.6) is 5.75 Å². The maximum atomic E-state index is 12.5. The van der Waals surface area contributed by atoms with Gasteiger partial charge in [-0.25, -0.2) is 0 Å². The molecular weight excluding hydrogens is 404 g/mol. The maximum absolute atomic E-state index is 12.5. The molecule has 0 bridgehead atoms. The number of methoxy groups -OCH3 is 1. The fourth-order valence-electron chi connectivity index (χ4n) is 3.85. The monoisotopic (exact) mass is 432 g/mol. The molecule has 0 spiro atoms. The number of ether oxygens (including phenoxy) is 1. The van der Waals surface area contributed by atoms with Crippen LogP contribution in [0.4, 0.5) is 5.69 Å². The number of aromatic nitrogens is 1. The molecule has 2 heterocycles. The van der Waals surface area contributed by atoms with E-state index in [0.717, 1.165) is 31.6 Å². The Morgan fingerprint density at radius 2 is 1.87 bits per heavy atom. The van der Waals surface area contributed by atoms with E-state index in [2.05, 4.69) is 26.2 Å². The molecule has 2 amide bonds. The van der Waals surface area contributed by atoms with Gasteiger partial charge in [-0.15, -0.1) is 0 Å². The van der Waals surface area contributed by atoms with Gasteiger partial charge >= 0.3 is 11.8 Å². The summed E-state index contributed by atoms with van der Waals surface area (Å²) in [5, 5.41) is 5.75. The first-order valence-corrected chi connectivity index (χ1v) is 10.7. The lowest BCUT2D eigenvalue weighted by atomic mass is 10.1. The van der Waals surface area contributed by atoms with Gasteiger partial charge in [0.15, 0.2) is 0 Å². The lowest BCUT2D eigenvalue weighted by Crippen LogP contribution is -2.42. The Kier molecular flexibility index (Phi) is 7.76. The zero-order valence-electron chi connectivity index (χ0n) is 17.5. The number of carbonyl (C=O) groups excluding carboxylic acids is 2. The quantitative estimate of drug-likeness (QED) is 0.686. The lowest BCUT2D eigenvalue weighted by Gasteiger charge is -2.31. The molecule has 2 N–H and O–H groups in total. The number of aryl methyl sites for hydroxylation is 1. The number of amides is 2. The molecule has 7 nitrogen and oxygen atoms in total. The number of benzene rings is 1. The Bertz CT molecular complexity index is 875. The van der Waals surface area contributed by atoms with Crippen molar-refractivity contribution in [1.29, 1.82) is 0 Å². The fraction of sp³-hybridized carbons (Fsp3) is 0.455. The summed E-state index contributed by atoms with van der Waals surface area (Å²) >= 11 is 6.08. The molecule has 1 aromatic carbocycles. The van der Waals surface area contributed by atoms with Gasteiger partial charge in [0.25, 0.3) is 0 Å². The van der Waals surface area contributed by atoms with Gasteiger partial charge in [-0.3, -0.25) is 14.5 Å². The highest BCUT2D eigenvalue weighted by molar-refractivity contribution is 6.40. The summed E-state index contributed by atoms with van der Waals surface area (Å²) in [5.41, 5.74) is 1.56. The molecule has 0 saturated carbocycles. The molecule has 162 valence electrons. The van der Waals surface area contributed by atoms with Crippen LogP contribution in [0.25, 0.3) is 0 Å². The Morgan fingerprint density at radius 3 is 2.47 bits per heavy atom. The van der Waals surface area contributed by atoms with Crippen LogP contribution in [-0.2, 0) is 16.6 Å². The van der Waals surface area contributed by atoms with Crippen LogP contribution in [0, 0.1) is 0 Å². The predicted octanol–water partition coefficient (Wildman–Crippen LogP) is 3.36. The van der Waals surface area contributed by atoms with Crippen molar-refractivity contribution in [3.8, 4) is 5.75 Å². The number of hydrogen-bond donors (Lipinski definition) is 2. The SMILES string of the molecule is COc1ccc(NC(=O)C(=O)NCC(c2cccn2C)N2CCCCCC2)cc1Cl. The van der Waals surface area contributed by atoms with E-state index in [1.165, 1.54) is 20.0 Å². The number of rotatable bonds is 6. The first-order chi connectivity index (χ1) is 14.5. The summed E-state index contributed by atoms with van der Waals surface area (Å²) < 4.78 is 7.17. The molecule has 0 radical (unpaired) electrons.